The van der Waals surface area contributed by atoms with Crippen LogP contribution in [0, 0.1) is 11.3 Å². The van der Waals surface area contributed by atoms with Crippen LogP contribution in [0.25, 0.3) is 0 Å². The van der Waals surface area contributed by atoms with Gasteiger partial charge in [-0.25, -0.2) is 0 Å². The Balaban J connectivity index is 1.82. The minimum atomic E-state index is -0.205. The molecule has 1 saturated heterocycles. The molecular weight excluding hydrogens is 446 g/mol. The number of carbonyl (C=O) groups excluding carboxylic acids is 2. The number of carbonyl (C=O) groups is 2. The van der Waals surface area contributed by atoms with Crippen LogP contribution in [0.5, 0.6) is 0 Å². The monoisotopic (exact) mass is 487 g/mol. The van der Waals surface area contributed by atoms with E-state index in [1.807, 2.05) is 11.8 Å². The standard InChI is InChI=1S/C22H41N5O5S/c23-8-3-4-10-30-12-14-32-15-13-31-11-5-9-26-21(29)16-27-20(28)7-2-1-6-19-22(25)18(24)17-33-19/h18-19,22H,1-7,9-17,24-25H2,(H,26,29)(H,27,28)/t18-,19?,22-/m0/s1. The van der Waals surface area contributed by atoms with Gasteiger partial charge in [-0.1, -0.05) is 6.42 Å². The van der Waals surface area contributed by atoms with Crippen molar-refractivity contribution in [2.75, 3.05) is 58.5 Å². The van der Waals surface area contributed by atoms with Gasteiger partial charge in [0, 0.05) is 55.7 Å². The van der Waals surface area contributed by atoms with Crippen LogP contribution in [-0.2, 0) is 23.8 Å². The second-order valence-corrected chi connectivity index (χ2v) is 9.21. The van der Waals surface area contributed by atoms with Crippen molar-refractivity contribution in [3.05, 3.63) is 0 Å². The molecule has 1 heterocycles. The van der Waals surface area contributed by atoms with Gasteiger partial charge in [0.15, 0.2) is 0 Å². The van der Waals surface area contributed by atoms with Crippen LogP contribution in [0.15, 0.2) is 0 Å². The molecule has 0 radical (unpaired) electrons. The summed E-state index contributed by atoms with van der Waals surface area (Å²) in [6.07, 6.45) is 5.04. The molecule has 0 bridgehead atoms. The summed E-state index contributed by atoms with van der Waals surface area (Å²) in [5.41, 5.74) is 12.0. The number of unbranched alkanes of at least 4 members (excludes halogenated alkanes) is 2. The lowest BCUT2D eigenvalue weighted by molar-refractivity contribution is -0.126. The maximum Gasteiger partial charge on any atom is 0.239 e. The van der Waals surface area contributed by atoms with Gasteiger partial charge < -0.3 is 36.3 Å². The summed E-state index contributed by atoms with van der Waals surface area (Å²) in [4.78, 5) is 23.7. The Labute approximate surface area is 201 Å². The van der Waals surface area contributed by atoms with E-state index >= 15 is 0 Å². The molecule has 2 amide bonds. The molecule has 3 atom stereocenters. The van der Waals surface area contributed by atoms with Crippen molar-refractivity contribution in [2.24, 2.45) is 11.5 Å². The Bertz CT molecular complexity index is 578. The molecule has 10 nitrogen and oxygen atoms in total. The van der Waals surface area contributed by atoms with E-state index in [-0.39, 0.29) is 30.4 Å². The zero-order valence-corrected chi connectivity index (χ0v) is 20.4. The first-order chi connectivity index (χ1) is 16.0. The number of nitrogens with one attached hydrogen (secondary N) is 2. The number of nitrogens with two attached hydrogens (primary N) is 2. The van der Waals surface area contributed by atoms with Gasteiger partial charge in [0.25, 0.3) is 0 Å². The Kier molecular flexibility index (Phi) is 17.9. The number of ether oxygens (including phenoxy) is 3. The lowest BCUT2D eigenvalue weighted by Gasteiger charge is -2.16. The quantitative estimate of drug-likeness (QED) is 0.177. The number of hydrogen-bond acceptors (Lipinski definition) is 9. The number of amides is 2. The topological polar surface area (TPSA) is 162 Å². The van der Waals surface area contributed by atoms with Gasteiger partial charge in [-0.05, 0) is 25.7 Å². The zero-order chi connectivity index (χ0) is 24.2. The van der Waals surface area contributed by atoms with Crippen molar-refractivity contribution in [1.29, 1.82) is 5.26 Å². The predicted molar refractivity (Wildman–Crippen MR) is 129 cm³/mol. The van der Waals surface area contributed by atoms with E-state index < -0.39 is 0 Å². The molecule has 1 rings (SSSR count). The highest BCUT2D eigenvalue weighted by Gasteiger charge is 2.30. The molecule has 0 aliphatic carbocycles. The van der Waals surface area contributed by atoms with Crippen molar-refractivity contribution in [3.8, 4) is 6.07 Å². The Morgan fingerprint density at radius 3 is 2.21 bits per heavy atom. The van der Waals surface area contributed by atoms with Crippen LogP contribution in [0.4, 0.5) is 0 Å². The number of thioether (sulfide) groups is 1. The molecule has 33 heavy (non-hydrogen) atoms. The molecular formula is C22H41N5O5S. The Morgan fingerprint density at radius 2 is 1.58 bits per heavy atom. The SMILES string of the molecule is N#CCCCOCCOCCOCCCNC(=O)CNC(=O)CCCCC1SC[C@H](N)[C@@H]1N. The average Bonchev–Trinajstić information content (AvgIpc) is 3.13. The molecule has 0 aromatic rings. The average molecular weight is 488 g/mol. The lowest BCUT2D eigenvalue weighted by atomic mass is 10.0. The summed E-state index contributed by atoms with van der Waals surface area (Å²) < 4.78 is 16.1. The van der Waals surface area contributed by atoms with E-state index in [9.17, 15) is 9.59 Å². The Morgan fingerprint density at radius 1 is 0.909 bits per heavy atom. The summed E-state index contributed by atoms with van der Waals surface area (Å²) in [5.74, 6) is 0.592. The number of hydrogen-bond donors (Lipinski definition) is 4. The molecule has 1 aliphatic heterocycles. The second-order valence-electron chi connectivity index (χ2n) is 7.94. The fourth-order valence-electron chi connectivity index (χ4n) is 3.17. The van der Waals surface area contributed by atoms with Crippen LogP contribution < -0.4 is 22.1 Å². The zero-order valence-electron chi connectivity index (χ0n) is 19.6. The first-order valence-corrected chi connectivity index (χ1v) is 12.9. The molecule has 190 valence electrons. The Hall–Kier alpha value is -1.42. The van der Waals surface area contributed by atoms with Crippen molar-refractivity contribution >= 4 is 23.6 Å². The molecule has 11 heteroatoms. The van der Waals surface area contributed by atoms with Gasteiger partial charge in [-0.15, -0.1) is 0 Å². The molecule has 1 unspecified atom stereocenters. The summed E-state index contributed by atoms with van der Waals surface area (Å²) in [6.45, 7) is 3.56. The highest BCUT2D eigenvalue weighted by atomic mass is 32.2. The fraction of sp³-hybridized carbons (Fsp3) is 0.864. The summed E-state index contributed by atoms with van der Waals surface area (Å²) in [7, 11) is 0. The summed E-state index contributed by atoms with van der Waals surface area (Å²) in [5, 5.41) is 14.2. The molecule has 6 N–H and O–H groups in total. The third-order valence-electron chi connectivity index (χ3n) is 5.12. The van der Waals surface area contributed by atoms with Crippen molar-refractivity contribution in [3.63, 3.8) is 0 Å². The van der Waals surface area contributed by atoms with E-state index in [1.54, 1.807) is 0 Å². The van der Waals surface area contributed by atoms with Crippen molar-refractivity contribution < 1.29 is 23.8 Å². The molecule has 1 aliphatic rings. The maximum absolute atomic E-state index is 11.9. The third kappa shape index (κ3) is 15.9. The van der Waals surface area contributed by atoms with E-state index in [2.05, 4.69) is 16.7 Å². The largest absolute Gasteiger partial charge is 0.379 e. The highest BCUT2D eigenvalue weighted by molar-refractivity contribution is 8.00. The van der Waals surface area contributed by atoms with Crippen LogP contribution in [0.3, 0.4) is 0 Å². The number of nitriles is 1. The summed E-state index contributed by atoms with van der Waals surface area (Å²) in [6, 6.07) is 2.19. The molecule has 0 aromatic carbocycles. The smallest absolute Gasteiger partial charge is 0.239 e. The normalized spacial score (nSPS) is 19.8. The lowest BCUT2D eigenvalue weighted by Crippen LogP contribution is -2.43. The van der Waals surface area contributed by atoms with E-state index in [1.165, 1.54) is 0 Å². The maximum atomic E-state index is 11.9. The molecule has 0 saturated carbocycles. The number of rotatable bonds is 20. The third-order valence-corrected chi connectivity index (χ3v) is 6.68. The van der Waals surface area contributed by atoms with Crippen molar-refractivity contribution in [1.82, 2.24) is 10.6 Å². The molecule has 0 spiro atoms. The van der Waals surface area contributed by atoms with Gasteiger partial charge in [-0.3, -0.25) is 9.59 Å². The minimum Gasteiger partial charge on any atom is -0.379 e. The first-order valence-electron chi connectivity index (χ1n) is 11.8. The minimum absolute atomic E-state index is 0.00961. The number of nitrogens with zero attached hydrogens (tertiary/aromatic N) is 1. The van der Waals surface area contributed by atoms with Crippen LogP contribution in [0.1, 0.15) is 44.9 Å². The van der Waals surface area contributed by atoms with Gasteiger partial charge >= 0.3 is 0 Å². The van der Waals surface area contributed by atoms with Gasteiger partial charge in [0.05, 0.1) is 39.0 Å². The molecule has 1 fully saturated rings. The van der Waals surface area contributed by atoms with Crippen LogP contribution in [0.2, 0.25) is 0 Å². The molecule has 0 aromatic heterocycles. The van der Waals surface area contributed by atoms with Crippen LogP contribution in [-0.4, -0.2) is 87.6 Å². The second kappa shape index (κ2) is 20.0. The van der Waals surface area contributed by atoms with Gasteiger partial charge in [0.2, 0.25) is 11.8 Å². The highest BCUT2D eigenvalue weighted by Crippen LogP contribution is 2.28. The van der Waals surface area contributed by atoms with E-state index in [0.717, 1.165) is 31.4 Å². The van der Waals surface area contributed by atoms with E-state index in [4.69, 9.17) is 30.9 Å². The van der Waals surface area contributed by atoms with Gasteiger partial charge in [-0.2, -0.15) is 17.0 Å². The van der Waals surface area contributed by atoms with Crippen LogP contribution >= 0.6 is 11.8 Å². The fourth-order valence-corrected chi connectivity index (χ4v) is 4.62. The predicted octanol–water partition coefficient (Wildman–Crippen LogP) is 0.293. The summed E-state index contributed by atoms with van der Waals surface area (Å²) >= 11 is 1.82. The van der Waals surface area contributed by atoms with Gasteiger partial charge in [0.1, 0.15) is 0 Å². The van der Waals surface area contributed by atoms with E-state index in [0.29, 0.717) is 70.7 Å². The first kappa shape index (κ1) is 29.6. The van der Waals surface area contributed by atoms with Crippen molar-refractivity contribution in [2.45, 2.75) is 62.3 Å².